The van der Waals surface area contributed by atoms with E-state index in [4.69, 9.17) is 0 Å². The second-order valence-electron chi connectivity index (χ2n) is 8.99. The van der Waals surface area contributed by atoms with Gasteiger partial charge in [0.1, 0.15) is 0 Å². The summed E-state index contributed by atoms with van der Waals surface area (Å²) in [7, 11) is 0. The highest BCUT2D eigenvalue weighted by Crippen LogP contribution is 2.37. The highest BCUT2D eigenvalue weighted by atomic mass is 15.2. The number of hydrogen-bond donors (Lipinski definition) is 1. The Morgan fingerprint density at radius 3 is 2.48 bits per heavy atom. The summed E-state index contributed by atoms with van der Waals surface area (Å²) in [5.41, 5.74) is 0.504. The van der Waals surface area contributed by atoms with Crippen LogP contribution >= 0.6 is 0 Å². The molecule has 0 aromatic heterocycles. The lowest BCUT2D eigenvalue weighted by Crippen LogP contribution is -2.48. The Balaban J connectivity index is 1.47. The number of fused-ring (bicyclic) bond motifs is 1. The molecule has 0 radical (unpaired) electrons. The van der Waals surface area contributed by atoms with Gasteiger partial charge in [-0.2, -0.15) is 0 Å². The largest absolute Gasteiger partial charge is 0.311 e. The molecule has 3 fully saturated rings. The van der Waals surface area contributed by atoms with Crippen molar-refractivity contribution in [2.75, 3.05) is 13.1 Å². The van der Waals surface area contributed by atoms with Crippen molar-refractivity contribution in [1.82, 2.24) is 10.2 Å². The Bertz CT molecular complexity index is 333. The molecule has 1 saturated carbocycles. The second kappa shape index (κ2) is 6.58. The molecule has 1 aliphatic carbocycles. The first-order valence-electron chi connectivity index (χ1n) is 9.52. The van der Waals surface area contributed by atoms with Crippen LogP contribution in [-0.2, 0) is 0 Å². The van der Waals surface area contributed by atoms with Crippen LogP contribution in [-0.4, -0.2) is 36.1 Å². The van der Waals surface area contributed by atoms with E-state index in [0.29, 0.717) is 5.41 Å². The maximum atomic E-state index is 4.06. The van der Waals surface area contributed by atoms with Gasteiger partial charge in [-0.1, -0.05) is 27.2 Å². The fourth-order valence-corrected chi connectivity index (χ4v) is 5.04. The number of rotatable bonds is 2. The fourth-order valence-electron chi connectivity index (χ4n) is 5.04. The van der Waals surface area contributed by atoms with Gasteiger partial charge in [0.05, 0.1) is 0 Å². The molecule has 0 amide bonds. The fraction of sp³-hybridized carbons (Fsp3) is 1.00. The van der Waals surface area contributed by atoms with Crippen molar-refractivity contribution in [3.8, 4) is 0 Å². The van der Waals surface area contributed by atoms with Gasteiger partial charge in [0.15, 0.2) is 0 Å². The topological polar surface area (TPSA) is 15.3 Å². The number of nitrogens with one attached hydrogen (secondary N) is 1. The van der Waals surface area contributed by atoms with Crippen LogP contribution in [0.4, 0.5) is 0 Å². The van der Waals surface area contributed by atoms with Crippen molar-refractivity contribution in [2.24, 2.45) is 11.3 Å². The molecule has 4 atom stereocenters. The molecule has 2 aliphatic heterocycles. The molecule has 0 bridgehead atoms. The molecule has 3 aliphatic rings. The minimum absolute atomic E-state index is 0.504. The van der Waals surface area contributed by atoms with Crippen molar-refractivity contribution in [3.05, 3.63) is 0 Å². The van der Waals surface area contributed by atoms with E-state index in [1.54, 1.807) is 0 Å². The van der Waals surface area contributed by atoms with Gasteiger partial charge >= 0.3 is 0 Å². The maximum Gasteiger partial charge on any atom is 0.0111 e. The van der Waals surface area contributed by atoms with E-state index in [9.17, 15) is 0 Å². The van der Waals surface area contributed by atoms with Crippen LogP contribution in [0.15, 0.2) is 0 Å². The summed E-state index contributed by atoms with van der Waals surface area (Å²) >= 11 is 0. The van der Waals surface area contributed by atoms with Crippen LogP contribution in [0, 0.1) is 11.3 Å². The van der Waals surface area contributed by atoms with Gasteiger partial charge in [0.2, 0.25) is 0 Å². The van der Waals surface area contributed by atoms with E-state index in [0.717, 1.165) is 24.0 Å². The third kappa shape index (κ3) is 4.01. The number of piperidine rings is 1. The second-order valence-corrected chi connectivity index (χ2v) is 8.99. The van der Waals surface area contributed by atoms with Gasteiger partial charge in [0.25, 0.3) is 0 Å². The Morgan fingerprint density at radius 2 is 1.67 bits per heavy atom. The predicted octanol–water partition coefficient (Wildman–Crippen LogP) is 4.20. The molecule has 4 unspecified atom stereocenters. The number of hydrogen-bond acceptors (Lipinski definition) is 2. The van der Waals surface area contributed by atoms with Gasteiger partial charge in [-0.3, -0.25) is 0 Å². The lowest BCUT2D eigenvalue weighted by Gasteiger charge is -2.37. The summed E-state index contributed by atoms with van der Waals surface area (Å²) < 4.78 is 0. The van der Waals surface area contributed by atoms with Gasteiger partial charge in [-0.15, -0.1) is 0 Å². The van der Waals surface area contributed by atoms with Crippen LogP contribution in [0.25, 0.3) is 0 Å². The molecule has 2 nitrogen and oxygen atoms in total. The molecule has 21 heavy (non-hydrogen) atoms. The Morgan fingerprint density at radius 1 is 0.810 bits per heavy atom. The van der Waals surface area contributed by atoms with Crippen molar-refractivity contribution >= 4 is 0 Å². The highest BCUT2D eigenvalue weighted by Gasteiger charge is 2.33. The summed E-state index contributed by atoms with van der Waals surface area (Å²) in [6, 6.07) is 2.51. The van der Waals surface area contributed by atoms with Crippen molar-refractivity contribution in [3.63, 3.8) is 0 Å². The quantitative estimate of drug-likeness (QED) is 0.767. The van der Waals surface area contributed by atoms with Gasteiger partial charge < -0.3 is 10.2 Å². The van der Waals surface area contributed by atoms with Crippen LogP contribution in [0.3, 0.4) is 0 Å². The van der Waals surface area contributed by atoms with Crippen LogP contribution in [0.2, 0.25) is 0 Å². The van der Waals surface area contributed by atoms with Gasteiger partial charge in [-0.05, 0) is 75.8 Å². The summed E-state index contributed by atoms with van der Waals surface area (Å²) in [6.07, 6.45) is 12.8. The average Bonchev–Trinajstić information content (AvgIpc) is 2.75. The molecule has 2 saturated heterocycles. The number of nitrogens with zero attached hydrogens (tertiary/aromatic N) is 1. The van der Waals surface area contributed by atoms with Crippen LogP contribution in [0.1, 0.15) is 78.6 Å². The van der Waals surface area contributed by atoms with E-state index in [2.05, 4.69) is 31.0 Å². The van der Waals surface area contributed by atoms with Gasteiger partial charge in [0, 0.05) is 18.1 Å². The minimum atomic E-state index is 0.504. The first kappa shape index (κ1) is 15.8. The summed E-state index contributed by atoms with van der Waals surface area (Å²) in [5.74, 6) is 0.931. The Hall–Kier alpha value is -0.0800. The first-order chi connectivity index (χ1) is 10.0. The molecule has 0 spiro atoms. The van der Waals surface area contributed by atoms with Crippen molar-refractivity contribution in [1.29, 1.82) is 0 Å². The molecule has 2 heterocycles. The van der Waals surface area contributed by atoms with Crippen LogP contribution < -0.4 is 5.32 Å². The maximum absolute atomic E-state index is 4.06. The zero-order valence-corrected chi connectivity index (χ0v) is 14.5. The smallest absolute Gasteiger partial charge is 0.0111 e. The van der Waals surface area contributed by atoms with Gasteiger partial charge in [-0.25, -0.2) is 0 Å². The predicted molar refractivity (Wildman–Crippen MR) is 90.6 cm³/mol. The van der Waals surface area contributed by atoms with Crippen molar-refractivity contribution < 1.29 is 0 Å². The van der Waals surface area contributed by atoms with E-state index in [1.165, 1.54) is 70.9 Å². The Kier molecular flexibility index (Phi) is 4.95. The lowest BCUT2D eigenvalue weighted by atomic mass is 9.76. The standard InChI is InChI=1S/C19H36N2/c1-19(2,3)15-6-4-7-16(10-9-15)20-17-11-13-21-12-5-8-18(21)14-17/h15-18,20H,4-14H2,1-3H3. The molecule has 1 N–H and O–H groups in total. The molecule has 122 valence electrons. The van der Waals surface area contributed by atoms with E-state index >= 15 is 0 Å². The molecule has 3 rings (SSSR count). The van der Waals surface area contributed by atoms with Crippen molar-refractivity contribution in [2.45, 2.75) is 96.7 Å². The monoisotopic (exact) mass is 292 g/mol. The van der Waals surface area contributed by atoms with E-state index in [-0.39, 0.29) is 0 Å². The highest BCUT2D eigenvalue weighted by molar-refractivity contribution is 4.91. The first-order valence-corrected chi connectivity index (χ1v) is 9.52. The molecule has 0 aromatic rings. The zero-order valence-electron chi connectivity index (χ0n) is 14.5. The molecular formula is C19H36N2. The average molecular weight is 293 g/mol. The molecular weight excluding hydrogens is 256 g/mol. The molecule has 2 heteroatoms. The third-order valence-electron chi connectivity index (χ3n) is 6.49. The Labute approximate surface area is 132 Å². The summed E-state index contributed by atoms with van der Waals surface area (Å²) in [5, 5.41) is 4.06. The third-order valence-corrected chi connectivity index (χ3v) is 6.49. The summed E-state index contributed by atoms with van der Waals surface area (Å²) in [6.45, 7) is 10.0. The van der Waals surface area contributed by atoms with E-state index in [1.807, 2.05) is 0 Å². The summed E-state index contributed by atoms with van der Waals surface area (Å²) in [4.78, 5) is 2.74. The normalized spacial score (nSPS) is 39.0. The lowest BCUT2D eigenvalue weighted by molar-refractivity contribution is 0.158. The molecule has 0 aromatic carbocycles. The van der Waals surface area contributed by atoms with Crippen LogP contribution in [0.5, 0.6) is 0 Å². The minimum Gasteiger partial charge on any atom is -0.311 e. The van der Waals surface area contributed by atoms with E-state index < -0.39 is 0 Å². The zero-order chi connectivity index (χ0) is 14.9. The SMILES string of the molecule is CC(C)(C)C1CCCC(NC2CCN3CCCC3C2)CC1.